The van der Waals surface area contributed by atoms with Crippen molar-refractivity contribution in [1.29, 1.82) is 0 Å². The van der Waals surface area contributed by atoms with Crippen LogP contribution >= 0.6 is 0 Å². The summed E-state index contributed by atoms with van der Waals surface area (Å²) in [5, 5.41) is 18.9. The van der Waals surface area contributed by atoms with Crippen LogP contribution in [-0.2, 0) is 20.8 Å². The molecule has 150 valence electrons. The maximum Gasteiger partial charge on any atom is 0.326 e. The number of nitrogens with one attached hydrogen (secondary N) is 1. The molecule has 0 saturated heterocycles. The number of nitrogens with two attached hydrogens (primary N) is 1. The Morgan fingerprint density at radius 2 is 1.81 bits per heavy atom. The van der Waals surface area contributed by atoms with Gasteiger partial charge in [0.15, 0.2) is 11.5 Å². The predicted molar refractivity (Wildman–Crippen MR) is 97.2 cm³/mol. The molecule has 1 aromatic rings. The maximum atomic E-state index is 10.5. The molecule has 2 rings (SSSR count). The summed E-state index contributed by atoms with van der Waals surface area (Å²) < 4.78 is 10.5. The average molecular weight is 382 g/mol. The van der Waals surface area contributed by atoms with Gasteiger partial charge in [-0.05, 0) is 42.6 Å². The zero-order chi connectivity index (χ0) is 20.6. The van der Waals surface area contributed by atoms with Crippen LogP contribution in [0.3, 0.4) is 0 Å². The first kappa shape index (κ1) is 22.2. The number of hydrogen-bond donors (Lipinski definition) is 4. The second-order valence-corrected chi connectivity index (χ2v) is 6.07. The van der Waals surface area contributed by atoms with Crippen LogP contribution in [0.5, 0.6) is 11.5 Å². The van der Waals surface area contributed by atoms with E-state index in [0.29, 0.717) is 12.5 Å². The molecule has 2 unspecified atom stereocenters. The molecule has 0 radical (unpaired) electrons. The third kappa shape index (κ3) is 6.45. The quantitative estimate of drug-likeness (QED) is 0.514. The third-order valence-electron chi connectivity index (χ3n) is 4.16. The van der Waals surface area contributed by atoms with Gasteiger partial charge in [0.25, 0.3) is 0 Å². The fraction of sp³-hybridized carbons (Fsp3) is 0.500. The Bertz CT molecular complexity index is 691. The number of amides is 1. The summed E-state index contributed by atoms with van der Waals surface area (Å²) in [6.07, 6.45) is 0.674. The molecule has 1 aliphatic carbocycles. The van der Waals surface area contributed by atoms with Gasteiger partial charge in [-0.2, -0.15) is 0 Å². The number of carbonyl (C=O) groups excluding carboxylic acids is 1. The minimum absolute atomic E-state index is 0.107. The zero-order valence-corrected chi connectivity index (χ0v) is 15.7. The van der Waals surface area contributed by atoms with Crippen LogP contribution in [0.25, 0.3) is 0 Å². The molecule has 1 aliphatic rings. The van der Waals surface area contributed by atoms with Gasteiger partial charge in [-0.1, -0.05) is 0 Å². The molecule has 0 bridgehead atoms. The summed E-state index contributed by atoms with van der Waals surface area (Å²) in [7, 11) is 3.31. The average Bonchev–Trinajstić information content (AvgIpc) is 2.59. The molecule has 0 fully saturated rings. The van der Waals surface area contributed by atoms with E-state index in [9.17, 15) is 14.4 Å². The van der Waals surface area contributed by atoms with Crippen LogP contribution in [0, 0.1) is 0 Å². The molecule has 1 aromatic carbocycles. The van der Waals surface area contributed by atoms with Crippen LogP contribution in [-0.4, -0.2) is 54.9 Å². The lowest BCUT2D eigenvalue weighted by atomic mass is 9.77. The predicted octanol–water partition coefficient (Wildman–Crippen LogP) is 0.743. The molecule has 1 amide bonds. The highest BCUT2D eigenvalue weighted by atomic mass is 16.5. The first-order valence-electron chi connectivity index (χ1n) is 8.40. The van der Waals surface area contributed by atoms with E-state index in [2.05, 4.69) is 5.32 Å². The zero-order valence-electron chi connectivity index (χ0n) is 15.7. The van der Waals surface area contributed by atoms with E-state index in [1.54, 1.807) is 14.2 Å². The van der Waals surface area contributed by atoms with Crippen LogP contribution in [0.4, 0.5) is 0 Å². The molecule has 0 saturated carbocycles. The smallest absolute Gasteiger partial charge is 0.326 e. The topological polar surface area (TPSA) is 148 Å². The van der Waals surface area contributed by atoms with Crippen molar-refractivity contribution in [3.05, 3.63) is 23.3 Å². The van der Waals surface area contributed by atoms with Gasteiger partial charge in [0.2, 0.25) is 5.91 Å². The largest absolute Gasteiger partial charge is 0.493 e. The van der Waals surface area contributed by atoms with Crippen molar-refractivity contribution in [2.45, 2.75) is 38.1 Å². The summed E-state index contributed by atoms with van der Waals surface area (Å²) in [5.74, 6) is -0.693. The number of ether oxygens (including phenoxy) is 2. The van der Waals surface area contributed by atoms with Crippen LogP contribution < -0.4 is 20.5 Å². The van der Waals surface area contributed by atoms with E-state index in [1.807, 2.05) is 12.1 Å². The maximum absolute atomic E-state index is 10.5. The van der Waals surface area contributed by atoms with Crippen molar-refractivity contribution in [3.63, 3.8) is 0 Å². The normalized spacial score (nSPS) is 15.2. The molecule has 0 heterocycles. The fourth-order valence-electron chi connectivity index (χ4n) is 2.72. The Kier molecular flexibility index (Phi) is 8.53. The summed E-state index contributed by atoms with van der Waals surface area (Å²) in [5.41, 5.74) is 8.28. The fourth-order valence-corrected chi connectivity index (χ4v) is 2.72. The summed E-state index contributed by atoms with van der Waals surface area (Å²) in [4.78, 5) is 31.0. The Labute approximate surface area is 157 Å². The van der Waals surface area contributed by atoms with Crippen molar-refractivity contribution in [2.75, 3.05) is 20.8 Å². The Morgan fingerprint density at radius 1 is 1.22 bits per heavy atom. The van der Waals surface area contributed by atoms with Gasteiger partial charge < -0.3 is 30.7 Å². The van der Waals surface area contributed by atoms with Gasteiger partial charge in [-0.25, -0.2) is 4.79 Å². The van der Waals surface area contributed by atoms with E-state index in [4.69, 9.17) is 25.4 Å². The number of carbonyl (C=O) groups is 3. The van der Waals surface area contributed by atoms with Crippen LogP contribution in [0.1, 0.15) is 36.8 Å². The van der Waals surface area contributed by atoms with Crippen molar-refractivity contribution < 1.29 is 34.1 Å². The van der Waals surface area contributed by atoms with Gasteiger partial charge >= 0.3 is 11.9 Å². The molecule has 0 spiro atoms. The standard InChI is InChI=1S/C11H15NO2.C7H11NO5/c1-13-10-4-7-3-8(6-12)9(7)5-11(10)14-2;1-4(9)8-5(7(12)13)2-3-6(10)11/h4-5,8H,3,6,12H2,1-2H3;5H,2-3H2,1H3,(H,8,9)(H,10,11)(H,12,13). The third-order valence-corrected chi connectivity index (χ3v) is 4.16. The van der Waals surface area contributed by atoms with Gasteiger partial charge in [-0.3, -0.25) is 9.59 Å². The van der Waals surface area contributed by atoms with E-state index in [0.717, 1.165) is 17.9 Å². The van der Waals surface area contributed by atoms with Crippen molar-refractivity contribution in [3.8, 4) is 11.5 Å². The van der Waals surface area contributed by atoms with E-state index in [1.165, 1.54) is 18.1 Å². The highest BCUT2D eigenvalue weighted by Gasteiger charge is 2.27. The number of carboxylic acids is 2. The van der Waals surface area contributed by atoms with Crippen LogP contribution in [0.2, 0.25) is 0 Å². The molecule has 5 N–H and O–H groups in total. The number of carboxylic acid groups (broad SMARTS) is 2. The Morgan fingerprint density at radius 3 is 2.26 bits per heavy atom. The number of aliphatic carboxylic acids is 2. The molecule has 27 heavy (non-hydrogen) atoms. The number of benzene rings is 1. The minimum Gasteiger partial charge on any atom is -0.493 e. The first-order chi connectivity index (χ1) is 12.7. The van der Waals surface area contributed by atoms with Gasteiger partial charge in [0.05, 0.1) is 14.2 Å². The van der Waals surface area contributed by atoms with E-state index < -0.39 is 23.9 Å². The Hall–Kier alpha value is -2.81. The van der Waals surface area contributed by atoms with Crippen molar-refractivity contribution >= 4 is 17.8 Å². The second kappa shape index (κ2) is 10.4. The summed E-state index contributed by atoms with van der Waals surface area (Å²) >= 11 is 0. The van der Waals surface area contributed by atoms with Gasteiger partial charge in [0.1, 0.15) is 6.04 Å². The van der Waals surface area contributed by atoms with Gasteiger partial charge in [-0.15, -0.1) is 0 Å². The van der Waals surface area contributed by atoms with Crippen molar-refractivity contribution in [2.24, 2.45) is 5.73 Å². The number of fused-ring (bicyclic) bond motifs is 1. The lowest BCUT2D eigenvalue weighted by Gasteiger charge is -2.30. The lowest BCUT2D eigenvalue weighted by molar-refractivity contribution is -0.142. The molecule has 9 heteroatoms. The molecule has 0 aliphatic heterocycles. The molecule has 2 atom stereocenters. The number of rotatable bonds is 8. The highest BCUT2D eigenvalue weighted by molar-refractivity contribution is 5.82. The lowest BCUT2D eigenvalue weighted by Crippen LogP contribution is -2.39. The van der Waals surface area contributed by atoms with E-state index in [-0.39, 0.29) is 12.8 Å². The molecular formula is C18H26N2O7. The van der Waals surface area contributed by atoms with E-state index >= 15 is 0 Å². The Balaban J connectivity index is 0.000000271. The second-order valence-electron chi connectivity index (χ2n) is 6.07. The number of methoxy groups -OCH3 is 2. The minimum atomic E-state index is -1.23. The number of hydrogen-bond acceptors (Lipinski definition) is 6. The molecule has 0 aromatic heterocycles. The SMILES string of the molecule is CC(=O)NC(CCC(=O)O)C(=O)O.COc1cc2c(cc1OC)C(CN)C2. The molecular weight excluding hydrogens is 356 g/mol. The van der Waals surface area contributed by atoms with Crippen LogP contribution in [0.15, 0.2) is 12.1 Å². The first-order valence-corrected chi connectivity index (χ1v) is 8.40. The van der Waals surface area contributed by atoms with Gasteiger partial charge in [0, 0.05) is 19.3 Å². The summed E-state index contributed by atoms with van der Waals surface area (Å²) in [6.45, 7) is 1.89. The van der Waals surface area contributed by atoms with Crippen molar-refractivity contribution in [1.82, 2.24) is 5.32 Å². The summed E-state index contributed by atoms with van der Waals surface area (Å²) in [6, 6.07) is 2.96. The monoisotopic (exact) mass is 382 g/mol. The molecule has 9 nitrogen and oxygen atoms in total. The highest BCUT2D eigenvalue weighted by Crippen LogP contribution is 2.41.